The number of nitrogens with two attached hydrogens (primary N) is 1. The molecule has 0 bridgehead atoms. The van der Waals surface area contributed by atoms with Crippen LogP contribution in [-0.4, -0.2) is 14.8 Å². The lowest BCUT2D eigenvalue weighted by Crippen LogP contribution is -2.18. The van der Waals surface area contributed by atoms with Crippen LogP contribution in [0.4, 0.5) is 11.6 Å². The predicted molar refractivity (Wildman–Crippen MR) is 69.4 cm³/mol. The number of rotatable bonds is 1. The lowest BCUT2D eigenvalue weighted by molar-refractivity contribution is 0.704. The molecule has 3 heterocycles. The lowest BCUT2D eigenvalue weighted by atomic mass is 10.3. The van der Waals surface area contributed by atoms with E-state index in [0.717, 1.165) is 28.9 Å². The molecule has 0 fully saturated rings. The van der Waals surface area contributed by atoms with Gasteiger partial charge >= 0.3 is 0 Å². The van der Waals surface area contributed by atoms with Gasteiger partial charge in [-0.3, -0.25) is 4.68 Å². The van der Waals surface area contributed by atoms with Gasteiger partial charge in [0.15, 0.2) is 5.82 Å². The van der Waals surface area contributed by atoms with Gasteiger partial charge in [0.25, 0.3) is 0 Å². The van der Waals surface area contributed by atoms with Gasteiger partial charge < -0.3 is 10.6 Å². The van der Waals surface area contributed by atoms with Crippen LogP contribution in [0.3, 0.4) is 0 Å². The topological polar surface area (TPSA) is 60.0 Å². The number of aromatic nitrogens is 3. The molecule has 6 heteroatoms. The fourth-order valence-corrected chi connectivity index (χ4v) is 2.47. The number of hydrogen-bond acceptors (Lipinski definition) is 4. The standard InChI is InChI=1S/C11H12BrN5/c1-16-9-6-17(5-8(9)11(13)15-16)10-4-7(12)2-3-14-10/h2-4H,5-6H2,1H3,(H2,13,15). The van der Waals surface area contributed by atoms with Crippen molar-refractivity contribution in [2.45, 2.75) is 13.1 Å². The van der Waals surface area contributed by atoms with Gasteiger partial charge in [-0.2, -0.15) is 5.10 Å². The minimum absolute atomic E-state index is 0.625. The van der Waals surface area contributed by atoms with Gasteiger partial charge in [-0.15, -0.1) is 0 Å². The van der Waals surface area contributed by atoms with Crippen molar-refractivity contribution in [3.8, 4) is 0 Å². The van der Waals surface area contributed by atoms with E-state index in [-0.39, 0.29) is 0 Å². The van der Waals surface area contributed by atoms with Crippen molar-refractivity contribution in [2.24, 2.45) is 7.05 Å². The molecule has 2 aromatic heterocycles. The Balaban J connectivity index is 1.94. The molecule has 0 saturated carbocycles. The van der Waals surface area contributed by atoms with E-state index in [1.165, 1.54) is 5.69 Å². The minimum atomic E-state index is 0.625. The summed E-state index contributed by atoms with van der Waals surface area (Å²) in [6.45, 7) is 1.58. The SMILES string of the molecule is Cn1nc(N)c2c1CN(c1cc(Br)ccn1)C2. The molecule has 0 atom stereocenters. The highest BCUT2D eigenvalue weighted by molar-refractivity contribution is 9.10. The summed E-state index contributed by atoms with van der Waals surface area (Å²) in [5, 5.41) is 4.22. The number of anilines is 2. The van der Waals surface area contributed by atoms with Crippen molar-refractivity contribution in [1.29, 1.82) is 0 Å². The third kappa shape index (κ3) is 1.68. The Labute approximate surface area is 107 Å². The first-order chi connectivity index (χ1) is 8.15. The molecular formula is C11H12BrN5. The van der Waals surface area contributed by atoms with Crippen molar-refractivity contribution in [3.63, 3.8) is 0 Å². The molecule has 2 N–H and O–H groups in total. The van der Waals surface area contributed by atoms with Gasteiger partial charge in [0.05, 0.1) is 18.8 Å². The van der Waals surface area contributed by atoms with Crippen molar-refractivity contribution >= 4 is 27.6 Å². The third-order valence-electron chi connectivity index (χ3n) is 3.03. The number of pyridine rings is 1. The van der Waals surface area contributed by atoms with Crippen LogP contribution >= 0.6 is 15.9 Å². The maximum atomic E-state index is 5.87. The maximum absolute atomic E-state index is 5.87. The Bertz CT molecular complexity index is 551. The summed E-state index contributed by atoms with van der Waals surface area (Å²) in [4.78, 5) is 6.56. The first-order valence-electron chi connectivity index (χ1n) is 5.32. The van der Waals surface area contributed by atoms with Crippen molar-refractivity contribution in [3.05, 3.63) is 34.1 Å². The summed E-state index contributed by atoms with van der Waals surface area (Å²) in [7, 11) is 1.92. The maximum Gasteiger partial charge on any atom is 0.150 e. The molecule has 5 nitrogen and oxygen atoms in total. The second kappa shape index (κ2) is 3.73. The van der Waals surface area contributed by atoms with E-state index in [1.807, 2.05) is 23.9 Å². The fourth-order valence-electron chi connectivity index (χ4n) is 2.15. The molecule has 17 heavy (non-hydrogen) atoms. The second-order valence-corrected chi connectivity index (χ2v) is 5.04. The van der Waals surface area contributed by atoms with E-state index in [4.69, 9.17) is 5.73 Å². The van der Waals surface area contributed by atoms with Crippen molar-refractivity contribution in [2.75, 3.05) is 10.6 Å². The summed E-state index contributed by atoms with van der Waals surface area (Å²) in [5.41, 5.74) is 8.16. The van der Waals surface area contributed by atoms with E-state index in [0.29, 0.717) is 5.82 Å². The highest BCUT2D eigenvalue weighted by atomic mass is 79.9. The van der Waals surface area contributed by atoms with E-state index >= 15 is 0 Å². The van der Waals surface area contributed by atoms with E-state index in [2.05, 4.69) is 30.9 Å². The van der Waals surface area contributed by atoms with Crippen LogP contribution in [-0.2, 0) is 20.1 Å². The molecule has 0 amide bonds. The van der Waals surface area contributed by atoms with Gasteiger partial charge in [-0.05, 0) is 12.1 Å². The molecule has 3 rings (SSSR count). The Morgan fingerprint density at radius 3 is 2.94 bits per heavy atom. The molecule has 2 aromatic rings. The molecular weight excluding hydrogens is 282 g/mol. The normalized spacial score (nSPS) is 14.1. The predicted octanol–water partition coefficient (Wildman–Crippen LogP) is 1.68. The van der Waals surface area contributed by atoms with Gasteiger partial charge in [0, 0.05) is 23.3 Å². The Hall–Kier alpha value is -1.56. The van der Waals surface area contributed by atoms with Gasteiger partial charge in [0.2, 0.25) is 0 Å². The Kier molecular flexibility index (Phi) is 2.32. The average Bonchev–Trinajstić information content (AvgIpc) is 2.82. The lowest BCUT2D eigenvalue weighted by Gasteiger charge is -2.16. The Morgan fingerprint density at radius 2 is 2.24 bits per heavy atom. The van der Waals surface area contributed by atoms with Crippen molar-refractivity contribution < 1.29 is 0 Å². The van der Waals surface area contributed by atoms with Crippen LogP contribution in [0.2, 0.25) is 0 Å². The molecule has 0 spiro atoms. The smallest absolute Gasteiger partial charge is 0.150 e. The zero-order valence-electron chi connectivity index (χ0n) is 9.39. The first kappa shape index (κ1) is 10.6. The summed E-state index contributed by atoms with van der Waals surface area (Å²) >= 11 is 3.46. The number of fused-ring (bicyclic) bond motifs is 1. The van der Waals surface area contributed by atoms with Crippen molar-refractivity contribution in [1.82, 2.24) is 14.8 Å². The molecule has 88 valence electrons. The average molecular weight is 294 g/mol. The summed E-state index contributed by atoms with van der Waals surface area (Å²) in [6.07, 6.45) is 1.80. The van der Waals surface area contributed by atoms with E-state index in [9.17, 15) is 0 Å². The van der Waals surface area contributed by atoms with E-state index < -0.39 is 0 Å². The quantitative estimate of drug-likeness (QED) is 0.869. The molecule has 0 aliphatic carbocycles. The molecule has 1 aliphatic heterocycles. The Morgan fingerprint density at radius 1 is 1.41 bits per heavy atom. The fraction of sp³-hybridized carbons (Fsp3) is 0.273. The zero-order chi connectivity index (χ0) is 12.0. The third-order valence-corrected chi connectivity index (χ3v) is 3.52. The van der Waals surface area contributed by atoms with Crippen LogP contribution in [0.1, 0.15) is 11.3 Å². The zero-order valence-corrected chi connectivity index (χ0v) is 11.0. The summed E-state index contributed by atoms with van der Waals surface area (Å²) in [5.74, 6) is 1.58. The van der Waals surface area contributed by atoms with Crippen LogP contribution < -0.4 is 10.6 Å². The van der Waals surface area contributed by atoms with Crippen LogP contribution in [0.15, 0.2) is 22.8 Å². The van der Waals surface area contributed by atoms with Gasteiger partial charge in [0.1, 0.15) is 5.82 Å². The van der Waals surface area contributed by atoms with E-state index in [1.54, 1.807) is 6.20 Å². The number of nitrogens with zero attached hydrogens (tertiary/aromatic N) is 4. The molecule has 0 saturated heterocycles. The van der Waals surface area contributed by atoms with Crippen LogP contribution in [0.5, 0.6) is 0 Å². The number of nitrogen functional groups attached to an aromatic ring is 1. The highest BCUT2D eigenvalue weighted by Gasteiger charge is 2.26. The summed E-state index contributed by atoms with van der Waals surface area (Å²) in [6, 6.07) is 3.93. The van der Waals surface area contributed by atoms with Crippen LogP contribution in [0.25, 0.3) is 0 Å². The second-order valence-electron chi connectivity index (χ2n) is 4.12. The molecule has 0 unspecified atom stereocenters. The first-order valence-corrected chi connectivity index (χ1v) is 6.11. The van der Waals surface area contributed by atoms with Gasteiger partial charge in [-0.25, -0.2) is 4.98 Å². The number of aryl methyl sites for hydroxylation is 1. The molecule has 0 radical (unpaired) electrons. The molecule has 1 aliphatic rings. The largest absolute Gasteiger partial charge is 0.382 e. The highest BCUT2D eigenvalue weighted by Crippen LogP contribution is 2.30. The number of halogens is 1. The number of hydrogen-bond donors (Lipinski definition) is 1. The minimum Gasteiger partial charge on any atom is -0.382 e. The molecule has 0 aromatic carbocycles. The monoisotopic (exact) mass is 293 g/mol. The van der Waals surface area contributed by atoms with Crippen LogP contribution in [0, 0.1) is 0 Å². The summed E-state index contributed by atoms with van der Waals surface area (Å²) < 4.78 is 2.88. The van der Waals surface area contributed by atoms with Gasteiger partial charge in [-0.1, -0.05) is 15.9 Å².